The summed E-state index contributed by atoms with van der Waals surface area (Å²) in [6.07, 6.45) is 3.29. The van der Waals surface area contributed by atoms with E-state index in [1.54, 1.807) is 12.3 Å². The molecule has 0 saturated carbocycles. The molecule has 2 aromatic rings. The summed E-state index contributed by atoms with van der Waals surface area (Å²) >= 11 is 8.96. The molecule has 2 rings (SSSR count). The van der Waals surface area contributed by atoms with Crippen molar-refractivity contribution in [3.8, 4) is 5.69 Å². The van der Waals surface area contributed by atoms with E-state index in [-0.39, 0.29) is 5.69 Å². The smallest absolute Gasteiger partial charge is 0.258 e. The summed E-state index contributed by atoms with van der Waals surface area (Å²) in [4.78, 5) is 10.3. The predicted molar refractivity (Wildman–Crippen MR) is 74.8 cm³/mol. The number of rotatable bonds is 5. The number of alkyl halides is 1. The van der Waals surface area contributed by atoms with Gasteiger partial charge >= 0.3 is 0 Å². The Labute approximate surface area is 122 Å². The van der Waals surface area contributed by atoms with Gasteiger partial charge in [-0.1, -0.05) is 5.21 Å². The Bertz CT molecular complexity index is 602. The van der Waals surface area contributed by atoms with E-state index in [4.69, 9.17) is 11.6 Å². The van der Waals surface area contributed by atoms with Gasteiger partial charge < -0.3 is 0 Å². The number of aromatic nitrogens is 3. The van der Waals surface area contributed by atoms with Crippen LogP contribution in [0.5, 0.6) is 0 Å². The van der Waals surface area contributed by atoms with E-state index in [0.29, 0.717) is 16.0 Å². The molecule has 6 nitrogen and oxygen atoms in total. The molecule has 0 unspecified atom stereocenters. The lowest BCUT2D eigenvalue weighted by atomic mass is 10.2. The van der Waals surface area contributed by atoms with E-state index in [0.717, 1.165) is 18.5 Å². The van der Waals surface area contributed by atoms with Crippen LogP contribution in [0.25, 0.3) is 5.69 Å². The second-order valence-electron chi connectivity index (χ2n) is 3.84. The second-order valence-corrected chi connectivity index (χ2v) is 5.07. The van der Waals surface area contributed by atoms with Crippen LogP contribution in [0.1, 0.15) is 12.1 Å². The molecule has 0 spiro atoms. The van der Waals surface area contributed by atoms with Gasteiger partial charge in [-0.25, -0.2) is 4.68 Å². The first-order valence-electron chi connectivity index (χ1n) is 5.53. The third kappa shape index (κ3) is 3.30. The van der Waals surface area contributed by atoms with Crippen molar-refractivity contribution in [2.45, 2.75) is 12.8 Å². The fraction of sp³-hybridized carbons (Fsp3) is 0.273. The monoisotopic (exact) mass is 344 g/mol. The Morgan fingerprint density at radius 1 is 1.47 bits per heavy atom. The Morgan fingerprint density at radius 2 is 2.26 bits per heavy atom. The van der Waals surface area contributed by atoms with Crippen LogP contribution in [0.4, 0.5) is 5.69 Å². The van der Waals surface area contributed by atoms with Crippen LogP contribution < -0.4 is 0 Å². The van der Waals surface area contributed by atoms with E-state index in [1.807, 2.05) is 0 Å². The minimum absolute atomic E-state index is 0.0102. The van der Waals surface area contributed by atoms with Gasteiger partial charge in [-0.3, -0.25) is 10.1 Å². The number of hydrogen-bond donors (Lipinski definition) is 0. The molecule has 0 aliphatic carbocycles. The van der Waals surface area contributed by atoms with Crippen LogP contribution in [0.2, 0.25) is 0 Å². The summed E-state index contributed by atoms with van der Waals surface area (Å²) in [7, 11) is 0. The number of non-ortho nitro benzene ring substituents is 1. The van der Waals surface area contributed by atoms with E-state index < -0.39 is 4.92 Å². The van der Waals surface area contributed by atoms with Crippen LogP contribution in [0.15, 0.2) is 28.9 Å². The molecular weight excluding hydrogens is 336 g/mol. The molecule has 0 amide bonds. The lowest BCUT2D eigenvalue weighted by Gasteiger charge is -2.02. The first-order valence-corrected chi connectivity index (χ1v) is 6.86. The highest BCUT2D eigenvalue weighted by atomic mass is 79.9. The van der Waals surface area contributed by atoms with Crippen LogP contribution in [0, 0.1) is 10.1 Å². The molecule has 0 N–H and O–H groups in total. The van der Waals surface area contributed by atoms with Crippen molar-refractivity contribution >= 4 is 33.2 Å². The lowest BCUT2D eigenvalue weighted by Crippen LogP contribution is -1.98. The topological polar surface area (TPSA) is 73.8 Å². The number of halogens is 2. The first kappa shape index (κ1) is 14.0. The van der Waals surface area contributed by atoms with Crippen molar-refractivity contribution in [2.24, 2.45) is 0 Å². The maximum absolute atomic E-state index is 10.8. The standard InChI is InChI=1S/C11H10BrClN4O2/c12-10-4-3-9(17(18)19)6-11(10)16-7-8(14-15-16)2-1-5-13/h3-4,6-7H,1-2,5H2. The molecule has 0 saturated heterocycles. The molecule has 0 aliphatic heterocycles. The fourth-order valence-corrected chi connectivity index (χ4v) is 2.13. The van der Waals surface area contributed by atoms with Gasteiger partial charge in [0.1, 0.15) is 0 Å². The zero-order valence-corrected chi connectivity index (χ0v) is 12.1. The van der Waals surface area contributed by atoms with E-state index in [2.05, 4.69) is 26.2 Å². The summed E-state index contributed by atoms with van der Waals surface area (Å²) in [6, 6.07) is 4.50. The summed E-state index contributed by atoms with van der Waals surface area (Å²) in [5, 5.41) is 18.8. The number of nitrogens with zero attached hydrogens (tertiary/aromatic N) is 4. The SMILES string of the molecule is O=[N+]([O-])c1ccc(Br)c(-n2cc(CCCCl)nn2)c1. The molecule has 8 heteroatoms. The van der Waals surface area contributed by atoms with E-state index in [1.165, 1.54) is 16.8 Å². The molecule has 0 aliphatic rings. The average molecular weight is 346 g/mol. The van der Waals surface area contributed by atoms with Crippen molar-refractivity contribution in [3.05, 3.63) is 44.7 Å². The Hall–Kier alpha value is -1.47. The summed E-state index contributed by atoms with van der Waals surface area (Å²) in [5.41, 5.74) is 1.40. The van der Waals surface area contributed by atoms with E-state index >= 15 is 0 Å². The zero-order chi connectivity index (χ0) is 13.8. The van der Waals surface area contributed by atoms with Gasteiger partial charge in [-0.05, 0) is 34.8 Å². The van der Waals surface area contributed by atoms with Crippen LogP contribution >= 0.6 is 27.5 Å². The Kier molecular flexibility index (Phi) is 4.49. The van der Waals surface area contributed by atoms with Gasteiger partial charge in [-0.15, -0.1) is 16.7 Å². The normalized spacial score (nSPS) is 10.6. The van der Waals surface area contributed by atoms with Gasteiger partial charge in [0.25, 0.3) is 5.69 Å². The van der Waals surface area contributed by atoms with Gasteiger partial charge in [0.15, 0.2) is 0 Å². The largest absolute Gasteiger partial charge is 0.271 e. The lowest BCUT2D eigenvalue weighted by molar-refractivity contribution is -0.384. The van der Waals surface area contributed by atoms with Crippen molar-refractivity contribution in [2.75, 3.05) is 5.88 Å². The number of hydrogen-bond acceptors (Lipinski definition) is 4. The molecule has 0 radical (unpaired) electrons. The van der Waals surface area contributed by atoms with Crippen LogP contribution in [-0.2, 0) is 6.42 Å². The fourth-order valence-electron chi connectivity index (χ4n) is 1.57. The number of benzene rings is 1. The van der Waals surface area contributed by atoms with Crippen molar-refractivity contribution < 1.29 is 4.92 Å². The molecule has 19 heavy (non-hydrogen) atoms. The van der Waals surface area contributed by atoms with Gasteiger partial charge in [0, 0.05) is 22.5 Å². The van der Waals surface area contributed by atoms with Crippen molar-refractivity contribution in [1.82, 2.24) is 15.0 Å². The molecular formula is C11H10BrClN4O2. The molecule has 100 valence electrons. The third-order valence-electron chi connectivity index (χ3n) is 2.49. The highest BCUT2D eigenvalue weighted by Crippen LogP contribution is 2.25. The van der Waals surface area contributed by atoms with Crippen LogP contribution in [0.3, 0.4) is 0 Å². The average Bonchev–Trinajstić information content (AvgIpc) is 2.85. The summed E-state index contributed by atoms with van der Waals surface area (Å²) in [5.74, 6) is 0.563. The molecule has 1 aromatic heterocycles. The molecule has 0 atom stereocenters. The first-order chi connectivity index (χ1) is 9.11. The summed E-state index contributed by atoms with van der Waals surface area (Å²) in [6.45, 7) is 0. The van der Waals surface area contributed by atoms with Gasteiger partial charge in [0.2, 0.25) is 0 Å². The second kappa shape index (κ2) is 6.12. The highest BCUT2D eigenvalue weighted by Gasteiger charge is 2.12. The maximum atomic E-state index is 10.8. The van der Waals surface area contributed by atoms with Crippen molar-refractivity contribution in [1.29, 1.82) is 0 Å². The molecule has 1 aromatic carbocycles. The van der Waals surface area contributed by atoms with Crippen LogP contribution in [-0.4, -0.2) is 25.8 Å². The number of nitro benzene ring substituents is 1. The Balaban J connectivity index is 2.32. The maximum Gasteiger partial charge on any atom is 0.271 e. The predicted octanol–water partition coefficient (Wildman–Crippen LogP) is 3.11. The minimum atomic E-state index is -0.443. The quantitative estimate of drug-likeness (QED) is 0.474. The zero-order valence-electron chi connectivity index (χ0n) is 9.79. The molecule has 1 heterocycles. The van der Waals surface area contributed by atoms with E-state index in [9.17, 15) is 10.1 Å². The third-order valence-corrected chi connectivity index (χ3v) is 3.43. The minimum Gasteiger partial charge on any atom is -0.258 e. The molecule has 0 fully saturated rings. The number of nitro groups is 1. The van der Waals surface area contributed by atoms with Gasteiger partial charge in [0.05, 0.1) is 22.5 Å². The summed E-state index contributed by atoms with van der Waals surface area (Å²) < 4.78 is 2.23. The highest BCUT2D eigenvalue weighted by molar-refractivity contribution is 9.10. The number of aryl methyl sites for hydroxylation is 1. The Morgan fingerprint density at radius 3 is 2.95 bits per heavy atom. The molecule has 0 bridgehead atoms. The van der Waals surface area contributed by atoms with Crippen molar-refractivity contribution in [3.63, 3.8) is 0 Å². The van der Waals surface area contributed by atoms with Gasteiger partial charge in [-0.2, -0.15) is 0 Å².